The Balaban J connectivity index is 1.86. The highest BCUT2D eigenvalue weighted by molar-refractivity contribution is 6.30. The molecule has 1 N–H and O–H groups in total. The van der Waals surface area contributed by atoms with Crippen LogP contribution in [0.4, 0.5) is 23.9 Å². The number of anilines is 1. The fraction of sp³-hybridized carbons (Fsp3) is 0.556. The number of halogens is 4. The Morgan fingerprint density at radius 1 is 1.23 bits per heavy atom. The number of carbonyl (C=O) groups is 2. The average Bonchev–Trinajstić information content (AvgIpc) is 2.88. The molecule has 0 bridgehead atoms. The van der Waals surface area contributed by atoms with Crippen LogP contribution >= 0.6 is 11.6 Å². The van der Waals surface area contributed by atoms with Crippen molar-refractivity contribution < 1.29 is 37.3 Å². The monoisotopic (exact) mass is 586 g/mol. The first-order chi connectivity index (χ1) is 18.9. The summed E-state index contributed by atoms with van der Waals surface area (Å²) >= 11 is 6.05. The Hall–Kier alpha value is -3.28. The van der Waals surface area contributed by atoms with Gasteiger partial charge in [-0.15, -0.1) is 0 Å². The number of carboxylic acids is 1. The number of carboxylic acid groups (broad SMARTS) is 1. The van der Waals surface area contributed by atoms with E-state index in [4.69, 9.17) is 26.2 Å². The van der Waals surface area contributed by atoms with Gasteiger partial charge in [-0.25, -0.2) is 14.8 Å². The van der Waals surface area contributed by atoms with Gasteiger partial charge >= 0.3 is 18.2 Å². The van der Waals surface area contributed by atoms with E-state index >= 15 is 0 Å². The van der Waals surface area contributed by atoms with E-state index in [2.05, 4.69) is 9.97 Å². The number of amides is 1. The first-order valence-corrected chi connectivity index (χ1v) is 13.5. The molecule has 1 saturated heterocycles. The lowest BCUT2D eigenvalue weighted by atomic mass is 9.94. The highest BCUT2D eigenvalue weighted by atomic mass is 35.5. The summed E-state index contributed by atoms with van der Waals surface area (Å²) in [5.74, 6) is -0.298. The van der Waals surface area contributed by atoms with Gasteiger partial charge in [-0.2, -0.15) is 13.2 Å². The van der Waals surface area contributed by atoms with Crippen LogP contribution in [-0.4, -0.2) is 63.4 Å². The molecule has 0 spiro atoms. The highest BCUT2D eigenvalue weighted by Gasteiger charge is 2.36. The molecule has 0 unspecified atom stereocenters. The van der Waals surface area contributed by atoms with E-state index in [0.717, 1.165) is 12.1 Å². The second-order valence-corrected chi connectivity index (χ2v) is 10.3. The number of hydrogen-bond acceptors (Lipinski definition) is 7. The van der Waals surface area contributed by atoms with Crippen molar-refractivity contribution in [2.45, 2.75) is 83.8 Å². The molecule has 40 heavy (non-hydrogen) atoms. The fourth-order valence-corrected chi connectivity index (χ4v) is 4.88. The summed E-state index contributed by atoms with van der Waals surface area (Å²) in [7, 11) is 0. The van der Waals surface area contributed by atoms with Gasteiger partial charge in [-0.1, -0.05) is 18.5 Å². The van der Waals surface area contributed by atoms with Crippen molar-refractivity contribution in [1.29, 1.82) is 0 Å². The Kier molecular flexibility index (Phi) is 10.8. The van der Waals surface area contributed by atoms with Gasteiger partial charge in [0, 0.05) is 36.6 Å². The maximum absolute atomic E-state index is 13.5. The number of piperidine rings is 1. The van der Waals surface area contributed by atoms with Gasteiger partial charge in [-0.3, -0.25) is 4.79 Å². The van der Waals surface area contributed by atoms with E-state index in [9.17, 15) is 22.8 Å². The second kappa shape index (κ2) is 13.9. The maximum Gasteiger partial charge on any atom is 0.416 e. The maximum atomic E-state index is 13.5. The van der Waals surface area contributed by atoms with Crippen molar-refractivity contribution in [3.63, 3.8) is 0 Å². The Morgan fingerprint density at radius 3 is 2.52 bits per heavy atom. The molecule has 2 aromatic rings. The normalized spacial score (nSPS) is 17.6. The van der Waals surface area contributed by atoms with Gasteiger partial charge in [0.1, 0.15) is 0 Å². The first-order valence-electron chi connectivity index (χ1n) is 13.1. The summed E-state index contributed by atoms with van der Waals surface area (Å²) in [5.41, 5.74) is -0.509. The Morgan fingerprint density at radius 2 is 1.93 bits per heavy atom. The molecule has 9 nitrogen and oxygen atoms in total. The Bertz CT molecular complexity index is 1150. The minimum Gasteiger partial charge on any atom is -0.490 e. The van der Waals surface area contributed by atoms with Crippen molar-refractivity contribution >= 4 is 29.6 Å². The molecule has 0 radical (unpaired) electrons. The summed E-state index contributed by atoms with van der Waals surface area (Å²) in [6.07, 6.45) is -0.319. The molecule has 1 amide bonds. The van der Waals surface area contributed by atoms with Gasteiger partial charge in [0.05, 0.1) is 30.7 Å². The van der Waals surface area contributed by atoms with Crippen LogP contribution < -0.4 is 9.64 Å². The van der Waals surface area contributed by atoms with Crippen LogP contribution in [0, 0.1) is 0 Å². The molecule has 13 heteroatoms. The van der Waals surface area contributed by atoms with Gasteiger partial charge in [0.2, 0.25) is 5.95 Å². The Labute approximate surface area is 236 Å². The molecule has 2 heterocycles. The molecule has 1 aromatic heterocycles. The average molecular weight is 587 g/mol. The largest absolute Gasteiger partial charge is 0.490 e. The molecular weight excluding hydrogens is 553 g/mol. The van der Waals surface area contributed by atoms with Gasteiger partial charge in [0.15, 0.2) is 5.75 Å². The molecule has 1 aliphatic heterocycles. The molecule has 220 valence electrons. The minimum absolute atomic E-state index is 0.0335. The zero-order valence-electron chi connectivity index (χ0n) is 22.7. The summed E-state index contributed by atoms with van der Waals surface area (Å²) < 4.78 is 51.4. The predicted molar refractivity (Wildman–Crippen MR) is 142 cm³/mol. The van der Waals surface area contributed by atoms with Crippen molar-refractivity contribution in [2.75, 3.05) is 18.1 Å². The number of alkyl halides is 3. The molecule has 1 fully saturated rings. The molecule has 3 rings (SSSR count). The number of aromatic nitrogens is 2. The number of rotatable bonds is 11. The van der Waals surface area contributed by atoms with E-state index in [-0.39, 0.29) is 48.7 Å². The minimum atomic E-state index is -4.56. The van der Waals surface area contributed by atoms with Crippen molar-refractivity contribution in [3.8, 4) is 5.75 Å². The second-order valence-electron chi connectivity index (χ2n) is 9.90. The number of likely N-dealkylation sites (tertiary alicyclic amines) is 1. The molecule has 0 saturated carbocycles. The number of hydrogen-bond donors (Lipinski definition) is 1. The van der Waals surface area contributed by atoms with Crippen molar-refractivity contribution in [2.24, 2.45) is 0 Å². The molecule has 1 aromatic carbocycles. The highest BCUT2D eigenvalue weighted by Crippen LogP contribution is 2.34. The SMILES string of the molecule is CC[C@H]1C[C@@H](N(Cc2cc(Cl)cc(C(F)(F)F)c2)c2ncc(OCCCC(=O)O)cn2)CCN1C(=O)OC(C)C. The molecule has 1 aliphatic rings. The van der Waals surface area contributed by atoms with Crippen molar-refractivity contribution in [1.82, 2.24) is 14.9 Å². The summed E-state index contributed by atoms with van der Waals surface area (Å²) in [6, 6.07) is 3.09. The predicted octanol–water partition coefficient (Wildman–Crippen LogP) is 6.19. The quantitative estimate of drug-likeness (QED) is 0.311. The number of aliphatic carboxylic acids is 1. The van der Waals surface area contributed by atoms with Gasteiger partial charge in [0.25, 0.3) is 0 Å². The van der Waals surface area contributed by atoms with Gasteiger partial charge in [-0.05, 0) is 63.3 Å². The standard InChI is InChI=1S/C27H34ClF3N4O5/c1-4-21-13-22(7-8-34(21)26(38)40-17(2)3)35(16-18-10-19(27(29,30)31)12-20(28)11-18)25-32-14-23(15-33-25)39-9-5-6-24(36)37/h10-12,14-15,17,21-22H,4-9,13,16H2,1-3H3,(H,36,37)/t21-,22-/m0/s1. The lowest BCUT2D eigenvalue weighted by Crippen LogP contribution is -2.52. The zero-order chi connectivity index (χ0) is 29.4. The third kappa shape index (κ3) is 8.87. The zero-order valence-corrected chi connectivity index (χ0v) is 23.4. The number of carbonyl (C=O) groups excluding carboxylic acids is 1. The summed E-state index contributed by atoms with van der Waals surface area (Å²) in [4.78, 5) is 35.7. The van der Waals surface area contributed by atoms with E-state index in [1.165, 1.54) is 18.5 Å². The van der Waals surface area contributed by atoms with E-state index in [1.54, 1.807) is 18.7 Å². The van der Waals surface area contributed by atoms with E-state index in [1.807, 2.05) is 11.8 Å². The van der Waals surface area contributed by atoms with E-state index in [0.29, 0.717) is 43.5 Å². The summed E-state index contributed by atoms with van der Waals surface area (Å²) in [5, 5.41) is 8.73. The number of ether oxygens (including phenoxy) is 2. The van der Waals surface area contributed by atoms with Crippen molar-refractivity contribution in [3.05, 3.63) is 46.7 Å². The van der Waals surface area contributed by atoms with Crippen LogP contribution in [0.1, 0.15) is 64.0 Å². The van der Waals surface area contributed by atoms with Crippen LogP contribution in [0.25, 0.3) is 0 Å². The van der Waals surface area contributed by atoms with Crippen LogP contribution in [0.2, 0.25) is 5.02 Å². The van der Waals surface area contributed by atoms with Gasteiger partial charge < -0.3 is 24.4 Å². The van der Waals surface area contributed by atoms with E-state index < -0.39 is 23.8 Å². The topological polar surface area (TPSA) is 105 Å². The fourth-order valence-electron chi connectivity index (χ4n) is 4.62. The first kappa shape index (κ1) is 31.3. The third-order valence-electron chi connectivity index (χ3n) is 6.48. The van der Waals surface area contributed by atoms with Crippen LogP contribution in [0.15, 0.2) is 30.6 Å². The number of benzene rings is 1. The lowest BCUT2D eigenvalue weighted by Gasteiger charge is -2.43. The van der Waals surface area contributed by atoms with Crippen LogP contribution in [-0.2, 0) is 22.3 Å². The molecular formula is C27H34ClF3N4O5. The third-order valence-corrected chi connectivity index (χ3v) is 6.70. The van der Waals surface area contributed by atoms with Crippen LogP contribution in [0.3, 0.4) is 0 Å². The molecule has 2 atom stereocenters. The lowest BCUT2D eigenvalue weighted by molar-refractivity contribution is -0.138. The molecule has 0 aliphatic carbocycles. The summed E-state index contributed by atoms with van der Waals surface area (Å²) in [6.45, 7) is 6.16. The number of nitrogens with zero attached hydrogens (tertiary/aromatic N) is 4. The van der Waals surface area contributed by atoms with Crippen LogP contribution in [0.5, 0.6) is 5.75 Å². The smallest absolute Gasteiger partial charge is 0.416 e.